The smallest absolute Gasteiger partial charge is 0.251 e. The molecule has 0 bridgehead atoms. The molecule has 0 aliphatic heterocycles. The second-order valence-electron chi connectivity index (χ2n) is 6.65. The highest BCUT2D eigenvalue weighted by atomic mass is 35.5. The van der Waals surface area contributed by atoms with E-state index < -0.39 is 0 Å². The van der Waals surface area contributed by atoms with Gasteiger partial charge in [-0.1, -0.05) is 23.7 Å². The number of fused-ring (bicyclic) bond motifs is 1. The maximum atomic E-state index is 12.4. The molecule has 32 heavy (non-hydrogen) atoms. The molecule has 0 spiro atoms. The van der Waals surface area contributed by atoms with E-state index >= 15 is 0 Å². The minimum absolute atomic E-state index is 0.217. The molecule has 164 valence electrons. The molecular weight excluding hydrogens is 434 g/mol. The van der Waals surface area contributed by atoms with Gasteiger partial charge in [-0.15, -0.1) is 15.3 Å². The molecule has 0 radical (unpaired) electrons. The number of aromatic nitrogens is 4. The largest absolute Gasteiger partial charge is 0.497 e. The Morgan fingerprint density at radius 1 is 1.03 bits per heavy atom. The van der Waals surface area contributed by atoms with E-state index in [1.54, 1.807) is 40.9 Å². The average Bonchev–Trinajstić information content (AvgIpc) is 3.24. The molecule has 0 aliphatic rings. The Kier molecular flexibility index (Phi) is 6.37. The van der Waals surface area contributed by atoms with Crippen molar-refractivity contribution >= 4 is 23.2 Å². The number of carbonyl (C=O) groups is 1. The molecule has 0 atom stereocenters. The van der Waals surface area contributed by atoms with Crippen molar-refractivity contribution < 1.29 is 19.0 Å². The first kappa shape index (κ1) is 21.4. The van der Waals surface area contributed by atoms with Crippen LogP contribution in [-0.2, 0) is 0 Å². The number of hydrogen-bond acceptors (Lipinski definition) is 7. The molecule has 0 saturated carbocycles. The van der Waals surface area contributed by atoms with Gasteiger partial charge in [-0.2, -0.15) is 4.52 Å². The van der Waals surface area contributed by atoms with E-state index in [0.717, 1.165) is 0 Å². The van der Waals surface area contributed by atoms with E-state index in [4.69, 9.17) is 25.8 Å². The molecule has 4 aromatic rings. The standard InChI is InChI=1S/C22H20ClN5O4/c1-30-15-11-14(12-16(13-15)31-2)22(29)24-9-10-32-20-8-7-19-25-26-21(28(19)27-20)17-5-3-4-6-18(17)23/h3-8,11-13H,9-10H2,1-2H3,(H,24,29). The molecule has 9 nitrogen and oxygen atoms in total. The zero-order valence-corrected chi connectivity index (χ0v) is 18.2. The molecule has 4 rings (SSSR count). The van der Waals surface area contributed by atoms with E-state index in [9.17, 15) is 4.79 Å². The Labute approximate surface area is 188 Å². The Hall–Kier alpha value is -3.85. The van der Waals surface area contributed by atoms with Crippen molar-refractivity contribution in [3.8, 4) is 28.8 Å². The van der Waals surface area contributed by atoms with E-state index in [2.05, 4.69) is 20.6 Å². The van der Waals surface area contributed by atoms with Crippen LogP contribution in [0, 0.1) is 0 Å². The predicted octanol–water partition coefficient (Wildman–Crippen LogP) is 3.27. The van der Waals surface area contributed by atoms with Crippen LogP contribution in [0.2, 0.25) is 5.02 Å². The molecule has 1 N–H and O–H groups in total. The summed E-state index contributed by atoms with van der Waals surface area (Å²) in [5, 5.41) is 16.1. The summed E-state index contributed by atoms with van der Waals surface area (Å²) in [7, 11) is 3.06. The van der Waals surface area contributed by atoms with Crippen LogP contribution in [0.25, 0.3) is 17.0 Å². The fraction of sp³-hybridized carbons (Fsp3) is 0.182. The van der Waals surface area contributed by atoms with Gasteiger partial charge in [-0.25, -0.2) is 0 Å². The summed E-state index contributed by atoms with van der Waals surface area (Å²) < 4.78 is 17.7. The minimum atomic E-state index is -0.269. The number of nitrogens with zero attached hydrogens (tertiary/aromatic N) is 4. The molecule has 0 unspecified atom stereocenters. The topological polar surface area (TPSA) is 99.9 Å². The predicted molar refractivity (Wildman–Crippen MR) is 119 cm³/mol. The average molecular weight is 454 g/mol. The van der Waals surface area contributed by atoms with Crippen LogP contribution in [0.1, 0.15) is 10.4 Å². The van der Waals surface area contributed by atoms with Crippen molar-refractivity contribution in [3.63, 3.8) is 0 Å². The SMILES string of the molecule is COc1cc(OC)cc(C(=O)NCCOc2ccc3nnc(-c4ccccc4Cl)n3n2)c1. The van der Waals surface area contributed by atoms with Crippen LogP contribution in [-0.4, -0.2) is 53.1 Å². The van der Waals surface area contributed by atoms with Gasteiger partial charge < -0.3 is 19.5 Å². The van der Waals surface area contributed by atoms with Gasteiger partial charge in [0.25, 0.3) is 5.91 Å². The molecule has 10 heteroatoms. The van der Waals surface area contributed by atoms with Gasteiger partial charge in [-0.05, 0) is 30.3 Å². The normalized spacial score (nSPS) is 10.7. The third-order valence-corrected chi connectivity index (χ3v) is 4.93. The maximum absolute atomic E-state index is 12.4. The van der Waals surface area contributed by atoms with Crippen molar-refractivity contribution in [1.82, 2.24) is 25.1 Å². The lowest BCUT2D eigenvalue weighted by Crippen LogP contribution is -2.28. The summed E-state index contributed by atoms with van der Waals surface area (Å²) in [5.74, 6) is 1.67. The van der Waals surface area contributed by atoms with Gasteiger partial charge in [0, 0.05) is 23.3 Å². The number of amides is 1. The minimum Gasteiger partial charge on any atom is -0.497 e. The highest BCUT2D eigenvalue weighted by Crippen LogP contribution is 2.26. The van der Waals surface area contributed by atoms with Gasteiger partial charge in [0.05, 0.1) is 25.8 Å². The van der Waals surface area contributed by atoms with Gasteiger partial charge in [0.2, 0.25) is 5.88 Å². The fourth-order valence-electron chi connectivity index (χ4n) is 3.02. The molecular formula is C22H20ClN5O4. The van der Waals surface area contributed by atoms with Crippen molar-refractivity contribution in [3.05, 3.63) is 65.2 Å². The van der Waals surface area contributed by atoms with Crippen molar-refractivity contribution in [2.24, 2.45) is 0 Å². The first-order chi connectivity index (χ1) is 15.6. The van der Waals surface area contributed by atoms with Gasteiger partial charge >= 0.3 is 0 Å². The molecule has 2 aromatic carbocycles. The summed E-state index contributed by atoms with van der Waals surface area (Å²) >= 11 is 6.28. The third-order valence-electron chi connectivity index (χ3n) is 4.60. The molecule has 0 aliphatic carbocycles. The van der Waals surface area contributed by atoms with E-state index in [1.807, 2.05) is 18.2 Å². The Morgan fingerprint density at radius 2 is 1.78 bits per heavy atom. The van der Waals surface area contributed by atoms with Crippen molar-refractivity contribution in [1.29, 1.82) is 0 Å². The number of hydrogen-bond donors (Lipinski definition) is 1. The van der Waals surface area contributed by atoms with Crippen molar-refractivity contribution in [2.75, 3.05) is 27.4 Å². The van der Waals surface area contributed by atoms with Crippen molar-refractivity contribution in [2.45, 2.75) is 0 Å². The number of carbonyl (C=O) groups excluding carboxylic acids is 1. The Bertz CT molecular complexity index is 1240. The van der Waals surface area contributed by atoms with Crippen LogP contribution >= 0.6 is 11.6 Å². The maximum Gasteiger partial charge on any atom is 0.251 e. The lowest BCUT2D eigenvalue weighted by atomic mass is 10.2. The zero-order chi connectivity index (χ0) is 22.5. The third kappa shape index (κ3) is 4.57. The molecule has 2 heterocycles. The van der Waals surface area contributed by atoms with E-state index in [1.165, 1.54) is 14.2 Å². The quantitative estimate of drug-likeness (QED) is 0.409. The van der Waals surface area contributed by atoms with Crippen LogP contribution in [0.5, 0.6) is 17.4 Å². The Balaban J connectivity index is 1.40. The molecule has 1 amide bonds. The van der Waals surface area contributed by atoms with Crippen LogP contribution < -0.4 is 19.5 Å². The Morgan fingerprint density at radius 3 is 2.50 bits per heavy atom. The monoisotopic (exact) mass is 453 g/mol. The summed E-state index contributed by atoms with van der Waals surface area (Å²) in [6.45, 7) is 0.493. The van der Waals surface area contributed by atoms with Crippen LogP contribution in [0.4, 0.5) is 0 Å². The number of nitrogens with one attached hydrogen (secondary N) is 1. The first-order valence-corrected chi connectivity index (χ1v) is 10.1. The summed E-state index contributed by atoms with van der Waals surface area (Å²) in [4.78, 5) is 12.4. The second kappa shape index (κ2) is 9.52. The van der Waals surface area contributed by atoms with Gasteiger partial charge in [0.15, 0.2) is 11.5 Å². The first-order valence-electron chi connectivity index (χ1n) is 9.70. The van der Waals surface area contributed by atoms with E-state index in [-0.39, 0.29) is 19.1 Å². The van der Waals surface area contributed by atoms with Gasteiger partial charge in [-0.3, -0.25) is 4.79 Å². The number of methoxy groups -OCH3 is 2. The van der Waals surface area contributed by atoms with Gasteiger partial charge in [0.1, 0.15) is 18.1 Å². The van der Waals surface area contributed by atoms with E-state index in [0.29, 0.717) is 45.0 Å². The molecule has 2 aromatic heterocycles. The highest BCUT2D eigenvalue weighted by Gasteiger charge is 2.13. The van der Waals surface area contributed by atoms with Crippen LogP contribution in [0.3, 0.4) is 0 Å². The second-order valence-corrected chi connectivity index (χ2v) is 7.06. The van der Waals surface area contributed by atoms with Crippen LogP contribution in [0.15, 0.2) is 54.6 Å². The summed E-state index contributed by atoms with van der Waals surface area (Å²) in [5.41, 5.74) is 1.70. The summed E-state index contributed by atoms with van der Waals surface area (Å²) in [6, 6.07) is 15.7. The number of benzene rings is 2. The molecule has 0 fully saturated rings. The molecule has 0 saturated heterocycles. The summed E-state index contributed by atoms with van der Waals surface area (Å²) in [6.07, 6.45) is 0. The fourth-order valence-corrected chi connectivity index (χ4v) is 3.24. The zero-order valence-electron chi connectivity index (χ0n) is 17.4. The number of rotatable bonds is 8. The lowest BCUT2D eigenvalue weighted by molar-refractivity contribution is 0.0945. The number of halogens is 1. The lowest BCUT2D eigenvalue weighted by Gasteiger charge is -2.10. The highest BCUT2D eigenvalue weighted by molar-refractivity contribution is 6.33. The number of ether oxygens (including phenoxy) is 3.